The van der Waals surface area contributed by atoms with Gasteiger partial charge in [0.1, 0.15) is 0 Å². The minimum absolute atomic E-state index is 1.10. The van der Waals surface area contributed by atoms with Crippen molar-refractivity contribution in [3.63, 3.8) is 0 Å². The summed E-state index contributed by atoms with van der Waals surface area (Å²) in [7, 11) is 0. The summed E-state index contributed by atoms with van der Waals surface area (Å²) in [6, 6.07) is 0. The smallest absolute Gasteiger partial charge is 0.0285 e. The normalized spacial score (nSPS) is 11.9. The second-order valence-corrected chi connectivity index (χ2v) is 4.04. The molecule has 0 saturated heterocycles. The lowest BCUT2D eigenvalue weighted by Crippen LogP contribution is -1.76. The molecule has 0 bridgehead atoms. The zero-order valence-corrected chi connectivity index (χ0v) is 9.93. The maximum atomic E-state index is 3.81. The quantitative estimate of drug-likeness (QED) is 0.431. The molecule has 0 atom stereocenters. The SMILES string of the molecule is C=C(C)/C=C/C=C(\C)CCC=C(C)C. The monoisotopic (exact) mass is 190 g/mol. The summed E-state index contributed by atoms with van der Waals surface area (Å²) < 4.78 is 0. The number of rotatable bonds is 5. The molecule has 0 aromatic carbocycles. The molecule has 0 aromatic heterocycles. The van der Waals surface area contributed by atoms with Crippen molar-refractivity contribution in [1.29, 1.82) is 0 Å². The molecule has 0 aromatic rings. The van der Waals surface area contributed by atoms with Crippen molar-refractivity contribution in [3.05, 3.63) is 47.6 Å². The van der Waals surface area contributed by atoms with Crippen molar-refractivity contribution in [3.8, 4) is 0 Å². The van der Waals surface area contributed by atoms with Crippen molar-refractivity contribution < 1.29 is 0 Å². The lowest BCUT2D eigenvalue weighted by Gasteiger charge is -1.96. The van der Waals surface area contributed by atoms with Gasteiger partial charge in [0.25, 0.3) is 0 Å². The van der Waals surface area contributed by atoms with Crippen LogP contribution in [0.3, 0.4) is 0 Å². The van der Waals surface area contributed by atoms with Crippen LogP contribution in [0, 0.1) is 0 Å². The Morgan fingerprint density at radius 3 is 2.29 bits per heavy atom. The van der Waals surface area contributed by atoms with Gasteiger partial charge in [-0.2, -0.15) is 0 Å². The minimum atomic E-state index is 1.10. The second kappa shape index (κ2) is 7.37. The maximum absolute atomic E-state index is 3.81. The van der Waals surface area contributed by atoms with E-state index in [0.717, 1.165) is 18.4 Å². The van der Waals surface area contributed by atoms with Gasteiger partial charge in [0.15, 0.2) is 0 Å². The topological polar surface area (TPSA) is 0 Å². The van der Waals surface area contributed by atoms with Gasteiger partial charge in [0.05, 0.1) is 0 Å². The van der Waals surface area contributed by atoms with E-state index in [2.05, 4.69) is 45.6 Å². The van der Waals surface area contributed by atoms with Gasteiger partial charge in [0.2, 0.25) is 0 Å². The molecule has 0 unspecified atom stereocenters. The summed E-state index contributed by atoms with van der Waals surface area (Å²) in [6.45, 7) is 12.3. The van der Waals surface area contributed by atoms with E-state index in [1.807, 2.05) is 13.0 Å². The lowest BCUT2D eigenvalue weighted by atomic mass is 10.1. The molecule has 0 amide bonds. The third kappa shape index (κ3) is 9.05. The summed E-state index contributed by atoms with van der Waals surface area (Å²) in [5.41, 5.74) is 3.91. The molecule has 0 N–H and O–H groups in total. The average molecular weight is 190 g/mol. The Balaban J connectivity index is 3.90. The molecule has 0 aliphatic carbocycles. The highest BCUT2D eigenvalue weighted by molar-refractivity contribution is 5.19. The maximum Gasteiger partial charge on any atom is -0.0285 e. The first kappa shape index (κ1) is 13.0. The number of hydrogen-bond donors (Lipinski definition) is 0. The fraction of sp³-hybridized carbons (Fsp3) is 0.429. The van der Waals surface area contributed by atoms with Crippen LogP contribution in [-0.2, 0) is 0 Å². The minimum Gasteiger partial charge on any atom is -0.0961 e. The van der Waals surface area contributed by atoms with Gasteiger partial charge in [-0.05, 0) is 40.5 Å². The van der Waals surface area contributed by atoms with E-state index < -0.39 is 0 Å². The van der Waals surface area contributed by atoms with Crippen LogP contribution in [0.15, 0.2) is 47.6 Å². The first-order valence-corrected chi connectivity index (χ1v) is 5.15. The van der Waals surface area contributed by atoms with Crippen molar-refractivity contribution in [2.45, 2.75) is 40.5 Å². The van der Waals surface area contributed by atoms with Gasteiger partial charge in [-0.15, -0.1) is 0 Å². The molecular formula is C14H22. The van der Waals surface area contributed by atoms with E-state index in [9.17, 15) is 0 Å². The molecule has 0 aliphatic rings. The summed E-state index contributed by atoms with van der Waals surface area (Å²) in [5, 5.41) is 0. The Kier molecular flexibility index (Phi) is 6.82. The van der Waals surface area contributed by atoms with E-state index in [-0.39, 0.29) is 0 Å². The summed E-state index contributed by atoms with van der Waals surface area (Å²) in [6.07, 6.45) is 10.8. The standard InChI is InChI=1S/C14H22/c1-12(2)8-6-10-14(5)11-7-9-13(3)4/h6,8-10H,1,7,11H2,2-5H3/b8-6+,14-10+. The molecule has 0 saturated carbocycles. The zero-order chi connectivity index (χ0) is 11.0. The third-order valence-electron chi connectivity index (χ3n) is 1.85. The number of allylic oxidation sites excluding steroid dienone is 7. The summed E-state index contributed by atoms with van der Waals surface area (Å²) in [4.78, 5) is 0. The van der Waals surface area contributed by atoms with Crippen molar-refractivity contribution in [2.75, 3.05) is 0 Å². The molecule has 0 rings (SSSR count). The Labute approximate surface area is 88.7 Å². The van der Waals surface area contributed by atoms with Gasteiger partial charge < -0.3 is 0 Å². The number of hydrogen-bond acceptors (Lipinski definition) is 0. The van der Waals surface area contributed by atoms with E-state index in [4.69, 9.17) is 0 Å². The van der Waals surface area contributed by atoms with Gasteiger partial charge >= 0.3 is 0 Å². The highest BCUT2D eigenvalue weighted by Gasteiger charge is 1.86. The molecule has 0 aliphatic heterocycles. The largest absolute Gasteiger partial charge is 0.0961 e. The van der Waals surface area contributed by atoms with E-state index in [1.165, 1.54) is 11.1 Å². The van der Waals surface area contributed by atoms with Gasteiger partial charge in [0, 0.05) is 0 Å². The zero-order valence-electron chi connectivity index (χ0n) is 9.93. The Morgan fingerprint density at radius 1 is 1.14 bits per heavy atom. The third-order valence-corrected chi connectivity index (χ3v) is 1.85. The summed E-state index contributed by atoms with van der Waals surface area (Å²) >= 11 is 0. The Hall–Kier alpha value is -1.04. The first-order valence-electron chi connectivity index (χ1n) is 5.15. The Bertz CT molecular complexity index is 258. The molecule has 0 radical (unpaired) electrons. The highest BCUT2D eigenvalue weighted by Crippen LogP contribution is 2.06. The van der Waals surface area contributed by atoms with Crippen LogP contribution >= 0.6 is 0 Å². The van der Waals surface area contributed by atoms with E-state index in [1.54, 1.807) is 0 Å². The second-order valence-electron chi connectivity index (χ2n) is 4.04. The molecule has 0 nitrogen and oxygen atoms in total. The molecule has 0 fully saturated rings. The van der Waals surface area contributed by atoms with E-state index in [0.29, 0.717) is 0 Å². The van der Waals surface area contributed by atoms with Crippen LogP contribution in [0.2, 0.25) is 0 Å². The Morgan fingerprint density at radius 2 is 1.79 bits per heavy atom. The fourth-order valence-corrected chi connectivity index (χ4v) is 1.05. The predicted molar refractivity (Wildman–Crippen MR) is 66.4 cm³/mol. The van der Waals surface area contributed by atoms with Crippen LogP contribution in [-0.4, -0.2) is 0 Å². The molecule has 78 valence electrons. The molecule has 0 heteroatoms. The van der Waals surface area contributed by atoms with Gasteiger partial charge in [-0.25, -0.2) is 0 Å². The first-order chi connectivity index (χ1) is 6.52. The molecular weight excluding hydrogens is 168 g/mol. The van der Waals surface area contributed by atoms with Crippen LogP contribution in [0.25, 0.3) is 0 Å². The van der Waals surface area contributed by atoms with Crippen LogP contribution < -0.4 is 0 Å². The highest BCUT2D eigenvalue weighted by atomic mass is 13.9. The lowest BCUT2D eigenvalue weighted by molar-refractivity contribution is 0.967. The van der Waals surface area contributed by atoms with Gasteiger partial charge in [-0.3, -0.25) is 0 Å². The predicted octanol–water partition coefficient (Wildman–Crippen LogP) is 4.81. The van der Waals surface area contributed by atoms with E-state index >= 15 is 0 Å². The van der Waals surface area contributed by atoms with Gasteiger partial charge in [-0.1, -0.05) is 47.6 Å². The average Bonchev–Trinajstić information content (AvgIpc) is 2.02. The van der Waals surface area contributed by atoms with Crippen LogP contribution in [0.5, 0.6) is 0 Å². The van der Waals surface area contributed by atoms with Crippen molar-refractivity contribution in [1.82, 2.24) is 0 Å². The molecule has 0 spiro atoms. The van der Waals surface area contributed by atoms with Crippen molar-refractivity contribution in [2.24, 2.45) is 0 Å². The van der Waals surface area contributed by atoms with Crippen molar-refractivity contribution >= 4 is 0 Å². The summed E-state index contributed by atoms with van der Waals surface area (Å²) in [5.74, 6) is 0. The molecule has 0 heterocycles. The molecule has 14 heavy (non-hydrogen) atoms. The van der Waals surface area contributed by atoms with Crippen LogP contribution in [0.1, 0.15) is 40.5 Å². The fourth-order valence-electron chi connectivity index (χ4n) is 1.05. The van der Waals surface area contributed by atoms with Crippen LogP contribution in [0.4, 0.5) is 0 Å².